The van der Waals surface area contributed by atoms with Gasteiger partial charge in [-0.1, -0.05) is 118 Å². The summed E-state index contributed by atoms with van der Waals surface area (Å²) in [6.45, 7) is 29.8. The van der Waals surface area contributed by atoms with Crippen molar-refractivity contribution in [2.75, 3.05) is 28.2 Å². The summed E-state index contributed by atoms with van der Waals surface area (Å²) in [5, 5.41) is 27.8. The van der Waals surface area contributed by atoms with Crippen molar-refractivity contribution in [2.24, 2.45) is 0 Å². The number of hydrogen-bond donors (Lipinski definition) is 2. The van der Waals surface area contributed by atoms with Crippen LogP contribution in [0.15, 0.2) is 24.3 Å². The molecule has 2 N–H and O–H groups in total. The summed E-state index contributed by atoms with van der Waals surface area (Å²) in [7, 11) is 7.00. The second kappa shape index (κ2) is 16.8. The Bertz CT molecular complexity index is 835. The van der Waals surface area contributed by atoms with E-state index in [2.05, 4.69) is 132 Å². The molecule has 0 spiro atoms. The minimum Gasteiger partial charge on any atom is -0.668 e. The summed E-state index contributed by atoms with van der Waals surface area (Å²) in [5.74, 6) is 0.927. The Hall–Kier alpha value is -1.33. The first-order valence-electron chi connectivity index (χ1n) is 13.5. The SMILES string of the molecule is C[N-]C.C[N-]C.Cc1cc(C(C)(C)C)c(O)c(C(C)(C)C)c1.Cc1cc(C(C)(C)C)c(O)c(C(C)(C)C)c1.[Ti+2]. The molecule has 0 atom stereocenters. The van der Waals surface area contributed by atoms with Gasteiger partial charge >= 0.3 is 21.7 Å². The van der Waals surface area contributed by atoms with Crippen LogP contribution >= 0.6 is 0 Å². The maximum Gasteiger partial charge on any atom is 2.00 e. The summed E-state index contributed by atoms with van der Waals surface area (Å²) in [4.78, 5) is 0. The smallest absolute Gasteiger partial charge is 0.668 e. The van der Waals surface area contributed by atoms with Gasteiger partial charge in [-0.15, -0.1) is 0 Å². The van der Waals surface area contributed by atoms with Crippen LogP contribution in [0.4, 0.5) is 0 Å². The second-order valence-corrected chi connectivity index (χ2v) is 14.3. The Balaban J connectivity index is -0.000000541. The van der Waals surface area contributed by atoms with Crippen molar-refractivity contribution in [3.63, 3.8) is 0 Å². The largest absolute Gasteiger partial charge is 2.00 e. The Morgan fingerprint density at radius 3 is 0.667 bits per heavy atom. The number of phenols is 2. The Morgan fingerprint density at radius 2 is 0.564 bits per heavy atom. The van der Waals surface area contributed by atoms with Crippen LogP contribution in [0.25, 0.3) is 10.6 Å². The van der Waals surface area contributed by atoms with Gasteiger partial charge in [0.15, 0.2) is 0 Å². The quantitative estimate of drug-likeness (QED) is 0.307. The minimum atomic E-state index is -0.0178. The third-order valence-corrected chi connectivity index (χ3v) is 5.74. The van der Waals surface area contributed by atoms with E-state index in [-0.39, 0.29) is 43.4 Å². The number of aryl methyl sites for hydroxylation is 2. The van der Waals surface area contributed by atoms with E-state index in [1.54, 1.807) is 28.2 Å². The van der Waals surface area contributed by atoms with Crippen molar-refractivity contribution >= 4 is 0 Å². The van der Waals surface area contributed by atoms with Crippen LogP contribution in [-0.2, 0) is 43.4 Å². The normalized spacial score (nSPS) is 11.5. The van der Waals surface area contributed by atoms with Crippen LogP contribution in [0.3, 0.4) is 0 Å². The number of hydrogen-bond acceptors (Lipinski definition) is 2. The van der Waals surface area contributed by atoms with Gasteiger partial charge in [-0.05, 0) is 57.8 Å². The molecule has 2 rings (SSSR count). The van der Waals surface area contributed by atoms with Gasteiger partial charge in [0.25, 0.3) is 0 Å². The minimum absolute atomic E-state index is 0. The van der Waals surface area contributed by atoms with Gasteiger partial charge in [-0.3, -0.25) is 0 Å². The van der Waals surface area contributed by atoms with Crippen molar-refractivity contribution in [3.8, 4) is 11.5 Å². The number of benzene rings is 2. The third kappa shape index (κ3) is 14.8. The van der Waals surface area contributed by atoms with E-state index in [0.29, 0.717) is 11.5 Å². The van der Waals surface area contributed by atoms with Crippen LogP contribution in [0.5, 0.6) is 11.5 Å². The summed E-state index contributed by atoms with van der Waals surface area (Å²) >= 11 is 0. The van der Waals surface area contributed by atoms with Gasteiger partial charge in [0.2, 0.25) is 0 Å². The molecule has 0 unspecified atom stereocenters. The van der Waals surface area contributed by atoms with E-state index in [4.69, 9.17) is 0 Å². The van der Waals surface area contributed by atoms with Gasteiger partial charge in [-0.2, -0.15) is 28.2 Å². The van der Waals surface area contributed by atoms with Crippen molar-refractivity contribution in [2.45, 2.75) is 119 Å². The fourth-order valence-corrected chi connectivity index (χ4v) is 3.84. The maximum absolute atomic E-state index is 10.4. The van der Waals surface area contributed by atoms with E-state index in [1.807, 2.05) is 0 Å². The Kier molecular flexibility index (Phi) is 18.2. The third-order valence-electron chi connectivity index (χ3n) is 5.74. The molecule has 0 aliphatic carbocycles. The monoisotopic (exact) mass is 576 g/mol. The zero-order chi connectivity index (χ0) is 30.9. The second-order valence-electron chi connectivity index (χ2n) is 14.3. The molecule has 222 valence electrons. The maximum atomic E-state index is 10.4. The first kappa shape index (κ1) is 42.1. The van der Waals surface area contributed by atoms with Crippen molar-refractivity contribution in [3.05, 3.63) is 68.3 Å². The summed E-state index contributed by atoms with van der Waals surface area (Å²) < 4.78 is 0. The molecule has 0 fully saturated rings. The number of aromatic hydroxyl groups is 2. The molecule has 0 amide bonds. The van der Waals surface area contributed by atoms with E-state index in [9.17, 15) is 10.2 Å². The molecule has 0 saturated carbocycles. The standard InChI is InChI=1S/2C15H24O.2C2H6N.Ti/c2*1-10-8-11(14(2,3)4)13(16)12(9-10)15(5,6)7;2*1-3-2;/h2*8-9,16H,1-7H3;2*1-2H3;/q;;2*-1;+2. The van der Waals surface area contributed by atoms with Crippen molar-refractivity contribution < 1.29 is 31.9 Å². The van der Waals surface area contributed by atoms with E-state index in [1.165, 1.54) is 11.1 Å². The first-order chi connectivity index (χ1) is 16.9. The number of phenolic OH excluding ortho intramolecular Hbond substituents is 2. The van der Waals surface area contributed by atoms with Gasteiger partial charge in [-0.25, -0.2) is 0 Å². The first-order valence-corrected chi connectivity index (χ1v) is 13.5. The van der Waals surface area contributed by atoms with Gasteiger partial charge < -0.3 is 20.8 Å². The van der Waals surface area contributed by atoms with Gasteiger partial charge in [0, 0.05) is 0 Å². The van der Waals surface area contributed by atoms with E-state index in [0.717, 1.165) is 22.3 Å². The molecular weight excluding hydrogens is 516 g/mol. The van der Waals surface area contributed by atoms with Crippen LogP contribution in [0, 0.1) is 13.8 Å². The van der Waals surface area contributed by atoms with Crippen LogP contribution < -0.4 is 0 Å². The van der Waals surface area contributed by atoms with Crippen LogP contribution in [0.2, 0.25) is 0 Å². The predicted molar refractivity (Wildman–Crippen MR) is 171 cm³/mol. The molecule has 0 radical (unpaired) electrons. The van der Waals surface area contributed by atoms with E-state index < -0.39 is 0 Å². The molecule has 2 aromatic carbocycles. The number of rotatable bonds is 0. The van der Waals surface area contributed by atoms with E-state index >= 15 is 0 Å². The average molecular weight is 577 g/mol. The zero-order valence-corrected chi connectivity index (χ0v) is 30.2. The molecule has 0 saturated heterocycles. The molecule has 0 aliphatic rings. The molecule has 0 bridgehead atoms. The van der Waals surface area contributed by atoms with Crippen molar-refractivity contribution in [1.82, 2.24) is 0 Å². The fourth-order valence-electron chi connectivity index (χ4n) is 3.84. The number of nitrogens with zero attached hydrogens (tertiary/aromatic N) is 2. The molecule has 0 aromatic heterocycles. The molecule has 0 heterocycles. The van der Waals surface area contributed by atoms with Crippen LogP contribution in [-0.4, -0.2) is 38.4 Å². The summed E-state index contributed by atoms with van der Waals surface area (Å²) in [5.41, 5.74) is 6.52. The predicted octanol–water partition coefficient (Wildman–Crippen LogP) is 9.83. The Labute approximate surface area is 257 Å². The Morgan fingerprint density at radius 1 is 0.436 bits per heavy atom. The summed E-state index contributed by atoms with van der Waals surface area (Å²) in [6, 6.07) is 8.35. The molecular formula is C34H60N2O2Ti. The van der Waals surface area contributed by atoms with Gasteiger partial charge in [0.1, 0.15) is 11.5 Å². The molecule has 5 heteroatoms. The molecule has 4 nitrogen and oxygen atoms in total. The zero-order valence-electron chi connectivity index (χ0n) is 28.6. The molecule has 2 aromatic rings. The van der Waals surface area contributed by atoms with Gasteiger partial charge in [0.05, 0.1) is 0 Å². The topological polar surface area (TPSA) is 68.7 Å². The fraction of sp³-hybridized carbons (Fsp3) is 0.647. The average Bonchev–Trinajstić information content (AvgIpc) is 2.69. The molecule has 0 aliphatic heterocycles. The molecule has 39 heavy (non-hydrogen) atoms. The van der Waals surface area contributed by atoms with Crippen molar-refractivity contribution in [1.29, 1.82) is 0 Å². The van der Waals surface area contributed by atoms with Crippen LogP contribution in [0.1, 0.15) is 116 Å². The summed E-state index contributed by atoms with van der Waals surface area (Å²) in [6.07, 6.45) is 0.